The number of nitrogens with one attached hydrogen (secondary N) is 1. The third-order valence-corrected chi connectivity index (χ3v) is 4.47. The van der Waals surface area contributed by atoms with Crippen molar-refractivity contribution in [1.82, 2.24) is 5.32 Å². The molecule has 0 saturated heterocycles. The zero-order chi connectivity index (χ0) is 13.5. The van der Waals surface area contributed by atoms with Crippen molar-refractivity contribution in [2.75, 3.05) is 6.54 Å². The van der Waals surface area contributed by atoms with Crippen LogP contribution < -0.4 is 5.32 Å². The van der Waals surface area contributed by atoms with Gasteiger partial charge in [0.05, 0.1) is 0 Å². The molecule has 2 heteroatoms. The number of thiophene rings is 1. The van der Waals surface area contributed by atoms with E-state index in [1.807, 2.05) is 11.3 Å². The van der Waals surface area contributed by atoms with Crippen LogP contribution in [0.1, 0.15) is 43.5 Å². The number of unbranched alkanes of at least 4 members (excludes halogenated alkanes) is 1. The van der Waals surface area contributed by atoms with Crippen LogP contribution in [-0.2, 0) is 0 Å². The summed E-state index contributed by atoms with van der Waals surface area (Å²) in [6, 6.07) is 11.4. The van der Waals surface area contributed by atoms with Crippen molar-refractivity contribution in [1.29, 1.82) is 0 Å². The van der Waals surface area contributed by atoms with Crippen LogP contribution in [0.15, 0.2) is 30.3 Å². The van der Waals surface area contributed by atoms with Gasteiger partial charge in [0.15, 0.2) is 0 Å². The van der Waals surface area contributed by atoms with E-state index in [0.717, 1.165) is 32.2 Å². The maximum absolute atomic E-state index is 5.35. The van der Waals surface area contributed by atoms with Gasteiger partial charge in [0.2, 0.25) is 0 Å². The van der Waals surface area contributed by atoms with Crippen LogP contribution in [0.3, 0.4) is 0 Å². The van der Waals surface area contributed by atoms with Gasteiger partial charge < -0.3 is 5.32 Å². The van der Waals surface area contributed by atoms with E-state index in [-0.39, 0.29) is 0 Å². The summed E-state index contributed by atoms with van der Waals surface area (Å²) in [6.45, 7) is 3.27. The summed E-state index contributed by atoms with van der Waals surface area (Å²) in [7, 11) is 0. The number of hydrogen-bond donors (Lipinski definition) is 1. The lowest BCUT2D eigenvalue weighted by Gasteiger charge is -2.16. The highest BCUT2D eigenvalue weighted by Crippen LogP contribution is 2.32. The molecule has 0 amide bonds. The highest BCUT2D eigenvalue weighted by molar-refractivity contribution is 7.19. The van der Waals surface area contributed by atoms with Crippen LogP contribution >= 0.6 is 11.3 Å². The molecule has 0 bridgehead atoms. The minimum absolute atomic E-state index is 0.450. The second-order valence-electron chi connectivity index (χ2n) is 4.79. The smallest absolute Gasteiger partial charge is 0.0415 e. The number of fused-ring (bicyclic) bond motifs is 1. The van der Waals surface area contributed by atoms with Gasteiger partial charge in [0.25, 0.3) is 0 Å². The first-order valence-corrected chi connectivity index (χ1v) is 7.82. The van der Waals surface area contributed by atoms with E-state index in [0.29, 0.717) is 6.04 Å². The van der Waals surface area contributed by atoms with Gasteiger partial charge in [-0.05, 0) is 43.3 Å². The lowest BCUT2D eigenvalue weighted by atomic mass is 10.1. The molecule has 1 nitrogen and oxygen atoms in total. The topological polar surface area (TPSA) is 12.0 Å². The third-order valence-electron chi connectivity index (χ3n) is 3.24. The average Bonchev–Trinajstić information content (AvgIpc) is 2.86. The Morgan fingerprint density at radius 2 is 2.21 bits per heavy atom. The van der Waals surface area contributed by atoms with Crippen molar-refractivity contribution in [3.63, 3.8) is 0 Å². The normalized spacial score (nSPS) is 12.4. The zero-order valence-corrected chi connectivity index (χ0v) is 12.3. The maximum atomic E-state index is 5.35. The average molecular weight is 271 g/mol. The summed E-state index contributed by atoms with van der Waals surface area (Å²) in [5.41, 5.74) is 0. The van der Waals surface area contributed by atoms with Crippen molar-refractivity contribution in [2.24, 2.45) is 0 Å². The van der Waals surface area contributed by atoms with Crippen molar-refractivity contribution in [3.05, 3.63) is 35.2 Å². The fourth-order valence-electron chi connectivity index (χ4n) is 2.25. The van der Waals surface area contributed by atoms with E-state index in [1.54, 1.807) is 0 Å². The van der Waals surface area contributed by atoms with Crippen molar-refractivity contribution >= 4 is 21.4 Å². The second kappa shape index (κ2) is 7.33. The minimum atomic E-state index is 0.450. The molecule has 0 saturated carbocycles. The predicted octanol–water partition coefficient (Wildman–Crippen LogP) is 4.75. The molecule has 19 heavy (non-hydrogen) atoms. The molecule has 1 atom stereocenters. The van der Waals surface area contributed by atoms with Crippen LogP contribution in [-0.4, -0.2) is 6.54 Å². The predicted molar refractivity (Wildman–Crippen MR) is 85.5 cm³/mol. The van der Waals surface area contributed by atoms with E-state index in [2.05, 4.69) is 48.5 Å². The van der Waals surface area contributed by atoms with Crippen molar-refractivity contribution in [2.45, 2.75) is 38.6 Å². The molecule has 1 aromatic heterocycles. The molecular weight excluding hydrogens is 250 g/mol. The molecule has 1 unspecified atom stereocenters. The maximum Gasteiger partial charge on any atom is 0.0415 e. The number of benzene rings is 1. The first kappa shape index (κ1) is 14.1. The number of rotatable bonds is 7. The van der Waals surface area contributed by atoms with Gasteiger partial charge >= 0.3 is 0 Å². The highest BCUT2D eigenvalue weighted by atomic mass is 32.1. The molecule has 1 heterocycles. The number of hydrogen-bond acceptors (Lipinski definition) is 2. The van der Waals surface area contributed by atoms with E-state index in [1.165, 1.54) is 15.0 Å². The summed E-state index contributed by atoms with van der Waals surface area (Å²) in [4.78, 5) is 1.44. The second-order valence-corrected chi connectivity index (χ2v) is 5.91. The minimum Gasteiger partial charge on any atom is -0.309 e. The Hall–Kier alpha value is -1.30. The Morgan fingerprint density at radius 3 is 2.95 bits per heavy atom. The Kier molecular flexibility index (Phi) is 5.44. The van der Waals surface area contributed by atoms with Crippen LogP contribution in [0.5, 0.6) is 0 Å². The van der Waals surface area contributed by atoms with Crippen LogP contribution in [0, 0.1) is 12.3 Å². The molecule has 2 aromatic rings. The molecule has 0 radical (unpaired) electrons. The van der Waals surface area contributed by atoms with Crippen molar-refractivity contribution < 1.29 is 0 Å². The molecule has 1 N–H and O–H groups in total. The SMILES string of the molecule is C#CCCCC(NCCC)c1cc2ccccc2s1. The fourth-order valence-corrected chi connectivity index (χ4v) is 3.42. The first-order chi connectivity index (χ1) is 9.35. The number of terminal acetylenes is 1. The van der Waals surface area contributed by atoms with Gasteiger partial charge in [0.1, 0.15) is 0 Å². The molecule has 0 aliphatic carbocycles. The molecule has 0 spiro atoms. The Morgan fingerprint density at radius 1 is 1.37 bits per heavy atom. The lowest BCUT2D eigenvalue weighted by molar-refractivity contribution is 0.494. The van der Waals surface area contributed by atoms with E-state index >= 15 is 0 Å². The Balaban J connectivity index is 2.13. The quantitative estimate of drug-likeness (QED) is 0.566. The van der Waals surface area contributed by atoms with Crippen molar-refractivity contribution in [3.8, 4) is 12.3 Å². The summed E-state index contributed by atoms with van der Waals surface area (Å²) < 4.78 is 1.37. The fraction of sp³-hybridized carbons (Fsp3) is 0.412. The highest BCUT2D eigenvalue weighted by Gasteiger charge is 2.13. The van der Waals surface area contributed by atoms with Crippen LogP contribution in [0.2, 0.25) is 0 Å². The largest absolute Gasteiger partial charge is 0.309 e. The van der Waals surface area contributed by atoms with Gasteiger partial charge in [-0.25, -0.2) is 0 Å². The van der Waals surface area contributed by atoms with E-state index < -0.39 is 0 Å². The lowest BCUT2D eigenvalue weighted by Crippen LogP contribution is -2.21. The van der Waals surface area contributed by atoms with E-state index in [9.17, 15) is 0 Å². The molecule has 100 valence electrons. The van der Waals surface area contributed by atoms with Gasteiger partial charge in [-0.15, -0.1) is 23.7 Å². The molecule has 0 aliphatic heterocycles. The summed E-state index contributed by atoms with van der Waals surface area (Å²) >= 11 is 1.90. The standard InChI is InChI=1S/C17H21NS/c1-3-5-6-10-15(18-12-4-2)17-13-14-9-7-8-11-16(14)19-17/h1,7-9,11,13,15,18H,4-6,10,12H2,2H3. The Bertz CT molecular complexity index is 517. The molecule has 2 rings (SSSR count). The summed E-state index contributed by atoms with van der Waals surface area (Å²) in [5, 5.41) is 5.00. The molecule has 1 aromatic carbocycles. The Labute approximate surface area is 120 Å². The van der Waals surface area contributed by atoms with Gasteiger partial charge in [-0.3, -0.25) is 0 Å². The zero-order valence-electron chi connectivity index (χ0n) is 11.5. The molecule has 0 aliphatic rings. The monoisotopic (exact) mass is 271 g/mol. The molecular formula is C17H21NS. The van der Waals surface area contributed by atoms with Crippen LogP contribution in [0.4, 0.5) is 0 Å². The third kappa shape index (κ3) is 3.83. The van der Waals surface area contributed by atoms with E-state index in [4.69, 9.17) is 6.42 Å². The van der Waals surface area contributed by atoms with Gasteiger partial charge in [0, 0.05) is 22.0 Å². The summed E-state index contributed by atoms with van der Waals surface area (Å²) in [6.07, 6.45) is 9.59. The first-order valence-electron chi connectivity index (χ1n) is 7.00. The van der Waals surface area contributed by atoms with Crippen LogP contribution in [0.25, 0.3) is 10.1 Å². The van der Waals surface area contributed by atoms with Gasteiger partial charge in [-0.2, -0.15) is 0 Å². The summed E-state index contributed by atoms with van der Waals surface area (Å²) in [5.74, 6) is 2.73. The molecule has 0 fully saturated rings. The van der Waals surface area contributed by atoms with Gasteiger partial charge in [-0.1, -0.05) is 25.1 Å².